The minimum absolute atomic E-state index is 0.542. The van der Waals surface area contributed by atoms with E-state index in [-0.39, 0.29) is 0 Å². The van der Waals surface area contributed by atoms with E-state index in [9.17, 15) is 0 Å². The molecule has 0 unspecified atom stereocenters. The molecule has 1 aliphatic carbocycles. The van der Waals surface area contributed by atoms with E-state index in [1.165, 1.54) is 31.4 Å². The van der Waals surface area contributed by atoms with Gasteiger partial charge in [-0.2, -0.15) is 5.10 Å². The van der Waals surface area contributed by atoms with E-state index < -0.39 is 0 Å². The zero-order valence-electron chi connectivity index (χ0n) is 12.6. The number of aryl methyl sites for hydroxylation is 2. The second-order valence-electron chi connectivity index (χ2n) is 6.48. The van der Waals surface area contributed by atoms with Gasteiger partial charge in [0.1, 0.15) is 0 Å². The summed E-state index contributed by atoms with van der Waals surface area (Å²) in [4.78, 5) is 0. The van der Waals surface area contributed by atoms with Crippen molar-refractivity contribution in [3.63, 3.8) is 0 Å². The van der Waals surface area contributed by atoms with Gasteiger partial charge in [-0.15, -0.1) is 0 Å². The largest absolute Gasteiger partial charge is 0.308 e. The molecule has 4 heteroatoms. The van der Waals surface area contributed by atoms with Crippen molar-refractivity contribution in [2.45, 2.75) is 72.5 Å². The molecule has 1 aromatic rings. The number of hydrogen-bond donors (Lipinski definition) is 1. The van der Waals surface area contributed by atoms with Crippen molar-refractivity contribution in [3.05, 3.63) is 15.9 Å². The molecule has 0 amide bonds. The van der Waals surface area contributed by atoms with Crippen molar-refractivity contribution < 1.29 is 0 Å². The summed E-state index contributed by atoms with van der Waals surface area (Å²) < 4.78 is 3.26. The summed E-state index contributed by atoms with van der Waals surface area (Å²) in [6, 6.07) is 0.667. The number of rotatable bonds is 4. The van der Waals surface area contributed by atoms with E-state index >= 15 is 0 Å². The number of nitrogens with one attached hydrogen (secondary N) is 1. The molecule has 0 aromatic carbocycles. The van der Waals surface area contributed by atoms with Crippen LogP contribution in [-0.2, 0) is 13.1 Å². The lowest BCUT2D eigenvalue weighted by Gasteiger charge is -2.34. The minimum Gasteiger partial charge on any atom is -0.308 e. The first kappa shape index (κ1) is 15.0. The van der Waals surface area contributed by atoms with Gasteiger partial charge in [-0.3, -0.25) is 4.68 Å². The van der Waals surface area contributed by atoms with Crippen LogP contribution in [0.3, 0.4) is 0 Å². The summed E-state index contributed by atoms with van der Waals surface area (Å²) in [6.45, 7) is 10.8. The molecule has 1 heterocycles. The summed E-state index contributed by atoms with van der Waals surface area (Å²) in [5.41, 5.74) is 2.91. The Labute approximate surface area is 125 Å². The zero-order valence-corrected chi connectivity index (χ0v) is 14.2. The van der Waals surface area contributed by atoms with Crippen LogP contribution in [0.1, 0.15) is 57.8 Å². The Hall–Kier alpha value is -0.350. The normalized spacial score (nSPS) is 19.8. The summed E-state index contributed by atoms with van der Waals surface area (Å²) in [6.07, 6.45) is 5.25. The van der Waals surface area contributed by atoms with E-state index in [0.717, 1.165) is 23.3 Å². The molecule has 1 aromatic heterocycles. The second-order valence-corrected chi connectivity index (χ2v) is 7.27. The molecule has 1 saturated carbocycles. The second kappa shape index (κ2) is 5.96. The lowest BCUT2D eigenvalue weighted by Crippen LogP contribution is -2.35. The molecular formula is C15H26BrN3. The molecule has 1 fully saturated rings. The lowest BCUT2D eigenvalue weighted by atomic mass is 9.75. The predicted octanol–water partition coefficient (Wildman–Crippen LogP) is 4.03. The van der Waals surface area contributed by atoms with Crippen LogP contribution in [0.25, 0.3) is 0 Å². The standard InChI is InChI=1S/C15H26BrN3/c1-5-19-13(14(16)11(2)18-19)10-17-12-6-8-15(3,4)9-7-12/h12,17H,5-10H2,1-4H3. The van der Waals surface area contributed by atoms with Crippen molar-refractivity contribution in [1.29, 1.82) is 0 Å². The van der Waals surface area contributed by atoms with Crippen LogP contribution < -0.4 is 5.32 Å². The summed E-state index contributed by atoms with van der Waals surface area (Å²) in [5.74, 6) is 0. The van der Waals surface area contributed by atoms with Gasteiger partial charge in [-0.25, -0.2) is 0 Å². The van der Waals surface area contributed by atoms with Gasteiger partial charge < -0.3 is 5.32 Å². The van der Waals surface area contributed by atoms with E-state index in [1.807, 2.05) is 0 Å². The third kappa shape index (κ3) is 3.60. The average Bonchev–Trinajstić information content (AvgIpc) is 2.64. The van der Waals surface area contributed by atoms with E-state index in [0.29, 0.717) is 11.5 Å². The molecule has 0 radical (unpaired) electrons. The molecular weight excluding hydrogens is 302 g/mol. The maximum absolute atomic E-state index is 4.55. The fourth-order valence-corrected chi connectivity index (χ4v) is 3.31. The van der Waals surface area contributed by atoms with E-state index in [4.69, 9.17) is 0 Å². The first-order chi connectivity index (χ1) is 8.93. The molecule has 2 rings (SSSR count). The molecule has 1 N–H and O–H groups in total. The van der Waals surface area contributed by atoms with E-state index in [1.54, 1.807) is 0 Å². The highest BCUT2D eigenvalue weighted by molar-refractivity contribution is 9.10. The molecule has 0 bridgehead atoms. The Morgan fingerprint density at radius 3 is 2.58 bits per heavy atom. The van der Waals surface area contributed by atoms with E-state index in [2.05, 4.69) is 58.7 Å². The smallest absolute Gasteiger partial charge is 0.0739 e. The number of halogens is 1. The van der Waals surface area contributed by atoms with Gasteiger partial charge in [-0.1, -0.05) is 13.8 Å². The Balaban J connectivity index is 1.93. The average molecular weight is 328 g/mol. The highest BCUT2D eigenvalue weighted by Gasteiger charge is 2.26. The molecule has 108 valence electrons. The maximum atomic E-state index is 4.55. The van der Waals surface area contributed by atoms with Crippen molar-refractivity contribution >= 4 is 15.9 Å². The first-order valence-corrected chi connectivity index (χ1v) is 8.17. The monoisotopic (exact) mass is 327 g/mol. The van der Waals surface area contributed by atoms with Crippen molar-refractivity contribution in [2.75, 3.05) is 0 Å². The van der Waals surface area contributed by atoms with Crippen LogP contribution >= 0.6 is 15.9 Å². The molecule has 0 spiro atoms. The van der Waals surface area contributed by atoms with Crippen molar-refractivity contribution in [1.82, 2.24) is 15.1 Å². The summed E-state index contributed by atoms with van der Waals surface area (Å²) >= 11 is 3.66. The highest BCUT2D eigenvalue weighted by Crippen LogP contribution is 2.35. The molecule has 0 aliphatic heterocycles. The Kier molecular flexibility index (Phi) is 4.72. The zero-order chi connectivity index (χ0) is 14.0. The van der Waals surface area contributed by atoms with Gasteiger partial charge in [-0.05, 0) is 60.9 Å². The third-order valence-corrected chi connectivity index (χ3v) is 5.38. The maximum Gasteiger partial charge on any atom is 0.0739 e. The van der Waals surface area contributed by atoms with Crippen LogP contribution in [0.5, 0.6) is 0 Å². The number of aromatic nitrogens is 2. The Bertz CT molecular complexity index is 427. The van der Waals surface area contributed by atoms with Crippen LogP contribution in [0, 0.1) is 12.3 Å². The SMILES string of the molecule is CCn1nc(C)c(Br)c1CNC1CCC(C)(C)CC1. The van der Waals surface area contributed by atoms with Crippen LogP contribution in [0.2, 0.25) is 0 Å². The first-order valence-electron chi connectivity index (χ1n) is 7.38. The predicted molar refractivity (Wildman–Crippen MR) is 83.2 cm³/mol. The quantitative estimate of drug-likeness (QED) is 0.904. The van der Waals surface area contributed by atoms with Gasteiger partial charge in [0.2, 0.25) is 0 Å². The van der Waals surface area contributed by atoms with Gasteiger partial charge in [0.15, 0.2) is 0 Å². The molecule has 0 atom stereocenters. The van der Waals surface area contributed by atoms with Gasteiger partial charge >= 0.3 is 0 Å². The van der Waals surface area contributed by atoms with Crippen LogP contribution in [0.15, 0.2) is 4.47 Å². The summed E-state index contributed by atoms with van der Waals surface area (Å²) in [7, 11) is 0. The summed E-state index contributed by atoms with van der Waals surface area (Å²) in [5, 5.41) is 8.26. The highest BCUT2D eigenvalue weighted by atomic mass is 79.9. The molecule has 19 heavy (non-hydrogen) atoms. The fraction of sp³-hybridized carbons (Fsp3) is 0.800. The molecule has 1 aliphatic rings. The van der Waals surface area contributed by atoms with Crippen molar-refractivity contribution in [3.8, 4) is 0 Å². The minimum atomic E-state index is 0.542. The fourth-order valence-electron chi connectivity index (χ4n) is 2.88. The topological polar surface area (TPSA) is 29.9 Å². The Morgan fingerprint density at radius 1 is 1.37 bits per heavy atom. The number of hydrogen-bond acceptors (Lipinski definition) is 2. The van der Waals surface area contributed by atoms with Crippen LogP contribution in [-0.4, -0.2) is 15.8 Å². The van der Waals surface area contributed by atoms with Crippen LogP contribution in [0.4, 0.5) is 0 Å². The van der Waals surface area contributed by atoms with Crippen molar-refractivity contribution in [2.24, 2.45) is 5.41 Å². The lowest BCUT2D eigenvalue weighted by molar-refractivity contribution is 0.205. The van der Waals surface area contributed by atoms with Gasteiger partial charge in [0, 0.05) is 19.1 Å². The van der Waals surface area contributed by atoms with Gasteiger partial charge in [0.25, 0.3) is 0 Å². The van der Waals surface area contributed by atoms with Gasteiger partial charge in [0.05, 0.1) is 15.9 Å². The third-order valence-electron chi connectivity index (χ3n) is 4.35. The Morgan fingerprint density at radius 2 is 2.00 bits per heavy atom. The molecule has 0 saturated heterocycles. The molecule has 3 nitrogen and oxygen atoms in total. The number of nitrogens with zero attached hydrogens (tertiary/aromatic N) is 2.